The summed E-state index contributed by atoms with van der Waals surface area (Å²) in [5, 5.41) is 2.98. The zero-order chi connectivity index (χ0) is 12.7. The van der Waals surface area contributed by atoms with E-state index in [1.54, 1.807) is 6.08 Å². The quantitative estimate of drug-likeness (QED) is 0.393. The zero-order valence-electron chi connectivity index (χ0n) is 11.0. The van der Waals surface area contributed by atoms with E-state index in [2.05, 4.69) is 40.7 Å². The molecule has 0 saturated carbocycles. The summed E-state index contributed by atoms with van der Waals surface area (Å²) in [5.74, 6) is 0.505. The minimum absolute atomic E-state index is 0.452. The third kappa shape index (κ3) is 5.19. The highest BCUT2D eigenvalue weighted by molar-refractivity contribution is 5.77. The summed E-state index contributed by atoms with van der Waals surface area (Å²) in [5.41, 5.74) is 5.72. The van der Waals surface area contributed by atoms with E-state index in [0.29, 0.717) is 18.5 Å². The van der Waals surface area contributed by atoms with Gasteiger partial charge in [0.25, 0.3) is 0 Å². The second-order valence-electron chi connectivity index (χ2n) is 4.58. The summed E-state index contributed by atoms with van der Waals surface area (Å²) in [6.07, 6.45) is 1.77. The van der Waals surface area contributed by atoms with Gasteiger partial charge in [-0.2, -0.15) is 0 Å². The molecule has 1 fully saturated rings. The van der Waals surface area contributed by atoms with E-state index >= 15 is 0 Å². The van der Waals surface area contributed by atoms with E-state index in [4.69, 9.17) is 5.73 Å². The maximum Gasteiger partial charge on any atom is 0.188 e. The Bertz CT molecular complexity index is 256. The molecule has 0 aromatic heterocycles. The van der Waals surface area contributed by atoms with E-state index < -0.39 is 0 Å². The molecule has 0 aromatic rings. The first-order valence-electron chi connectivity index (χ1n) is 6.20. The number of aliphatic imine (C=N–C) groups is 1. The van der Waals surface area contributed by atoms with E-state index in [1.165, 1.54) is 0 Å². The molecule has 1 saturated heterocycles. The molecule has 1 atom stereocenters. The van der Waals surface area contributed by atoms with Crippen LogP contribution in [0.25, 0.3) is 0 Å². The van der Waals surface area contributed by atoms with Crippen LogP contribution in [0.5, 0.6) is 0 Å². The van der Waals surface area contributed by atoms with Crippen molar-refractivity contribution in [3.63, 3.8) is 0 Å². The molecule has 1 rings (SSSR count). The molecule has 1 aliphatic heterocycles. The Morgan fingerprint density at radius 1 is 1.47 bits per heavy atom. The van der Waals surface area contributed by atoms with Crippen molar-refractivity contribution in [1.82, 2.24) is 15.1 Å². The second kappa shape index (κ2) is 7.29. The fraction of sp³-hybridized carbons (Fsp3) is 0.750. The Balaban J connectivity index is 2.28. The van der Waals surface area contributed by atoms with E-state index in [9.17, 15) is 0 Å². The topological polar surface area (TPSA) is 56.9 Å². The summed E-state index contributed by atoms with van der Waals surface area (Å²) < 4.78 is 0. The predicted octanol–water partition coefficient (Wildman–Crippen LogP) is -0.287. The van der Waals surface area contributed by atoms with Crippen molar-refractivity contribution in [2.45, 2.75) is 13.0 Å². The van der Waals surface area contributed by atoms with Crippen molar-refractivity contribution >= 4 is 5.96 Å². The summed E-state index contributed by atoms with van der Waals surface area (Å²) in [4.78, 5) is 9.15. The van der Waals surface area contributed by atoms with Gasteiger partial charge in [0.2, 0.25) is 0 Å². The van der Waals surface area contributed by atoms with Gasteiger partial charge in [-0.25, -0.2) is 0 Å². The van der Waals surface area contributed by atoms with E-state index in [1.807, 2.05) is 0 Å². The van der Waals surface area contributed by atoms with Crippen LogP contribution in [0.4, 0.5) is 0 Å². The lowest BCUT2D eigenvalue weighted by Gasteiger charge is -2.35. The van der Waals surface area contributed by atoms with Crippen molar-refractivity contribution in [3.05, 3.63) is 12.7 Å². The second-order valence-corrected chi connectivity index (χ2v) is 4.58. The van der Waals surface area contributed by atoms with Gasteiger partial charge in [-0.1, -0.05) is 6.08 Å². The third-order valence-electron chi connectivity index (χ3n) is 3.11. The molecule has 0 aromatic carbocycles. The van der Waals surface area contributed by atoms with Crippen LogP contribution in [-0.2, 0) is 0 Å². The summed E-state index contributed by atoms with van der Waals surface area (Å²) >= 11 is 0. The Morgan fingerprint density at radius 3 is 2.71 bits per heavy atom. The number of piperazine rings is 1. The lowest BCUT2D eigenvalue weighted by molar-refractivity contribution is 0.122. The predicted molar refractivity (Wildman–Crippen MR) is 73.2 cm³/mol. The van der Waals surface area contributed by atoms with Crippen LogP contribution < -0.4 is 11.1 Å². The first kappa shape index (κ1) is 14.0. The molecule has 0 bridgehead atoms. The molecular formula is C12H25N5. The van der Waals surface area contributed by atoms with Gasteiger partial charge in [-0.3, -0.25) is 9.89 Å². The third-order valence-corrected chi connectivity index (χ3v) is 3.11. The van der Waals surface area contributed by atoms with Crippen molar-refractivity contribution in [2.24, 2.45) is 10.7 Å². The number of rotatable bonds is 5. The average molecular weight is 239 g/mol. The summed E-state index contributed by atoms with van der Waals surface area (Å²) in [6, 6.07) is 0.452. The average Bonchev–Trinajstić information content (AvgIpc) is 2.34. The first-order chi connectivity index (χ1) is 8.13. The van der Waals surface area contributed by atoms with Gasteiger partial charge < -0.3 is 16.0 Å². The van der Waals surface area contributed by atoms with Crippen LogP contribution in [-0.4, -0.2) is 68.1 Å². The molecule has 0 spiro atoms. The SMILES string of the molecule is C=CCNC(N)=NCC(C)N1CCN(C)CC1. The smallest absolute Gasteiger partial charge is 0.188 e. The Hall–Kier alpha value is -1.07. The minimum atomic E-state index is 0.452. The Morgan fingerprint density at radius 2 is 2.12 bits per heavy atom. The molecule has 1 heterocycles. The van der Waals surface area contributed by atoms with Crippen molar-refractivity contribution in [1.29, 1.82) is 0 Å². The fourth-order valence-corrected chi connectivity index (χ4v) is 1.84. The molecule has 3 N–H and O–H groups in total. The fourth-order valence-electron chi connectivity index (χ4n) is 1.84. The van der Waals surface area contributed by atoms with Gasteiger partial charge >= 0.3 is 0 Å². The van der Waals surface area contributed by atoms with Crippen molar-refractivity contribution < 1.29 is 0 Å². The van der Waals surface area contributed by atoms with Crippen LogP contribution in [0.3, 0.4) is 0 Å². The minimum Gasteiger partial charge on any atom is -0.370 e. The van der Waals surface area contributed by atoms with Crippen molar-refractivity contribution in [3.8, 4) is 0 Å². The Labute approximate surface area is 104 Å². The molecule has 1 aliphatic rings. The number of likely N-dealkylation sites (N-methyl/N-ethyl adjacent to an activating group) is 1. The zero-order valence-corrected chi connectivity index (χ0v) is 11.0. The summed E-state index contributed by atoms with van der Waals surface area (Å²) in [6.45, 7) is 11.8. The van der Waals surface area contributed by atoms with Crippen LogP contribution in [0.1, 0.15) is 6.92 Å². The van der Waals surface area contributed by atoms with E-state index in [-0.39, 0.29) is 0 Å². The van der Waals surface area contributed by atoms with Crippen LogP contribution in [0.2, 0.25) is 0 Å². The van der Waals surface area contributed by atoms with Gasteiger partial charge in [0.15, 0.2) is 5.96 Å². The number of nitrogens with two attached hydrogens (primary N) is 1. The largest absolute Gasteiger partial charge is 0.370 e. The number of hydrogen-bond acceptors (Lipinski definition) is 3. The molecule has 0 radical (unpaired) electrons. The maximum atomic E-state index is 5.72. The molecule has 17 heavy (non-hydrogen) atoms. The molecule has 1 unspecified atom stereocenters. The van der Waals surface area contributed by atoms with Crippen LogP contribution in [0.15, 0.2) is 17.6 Å². The molecule has 5 nitrogen and oxygen atoms in total. The Kier molecular flexibility index (Phi) is 6.00. The number of nitrogens with zero attached hydrogens (tertiary/aromatic N) is 3. The highest BCUT2D eigenvalue weighted by Gasteiger charge is 2.18. The number of hydrogen-bond donors (Lipinski definition) is 2. The first-order valence-corrected chi connectivity index (χ1v) is 6.20. The van der Waals surface area contributed by atoms with Crippen molar-refractivity contribution in [2.75, 3.05) is 46.3 Å². The molecule has 5 heteroatoms. The lowest BCUT2D eigenvalue weighted by atomic mass is 10.2. The monoisotopic (exact) mass is 239 g/mol. The molecule has 0 aliphatic carbocycles. The summed E-state index contributed by atoms with van der Waals surface area (Å²) in [7, 11) is 2.16. The normalized spacial score (nSPS) is 21.2. The highest BCUT2D eigenvalue weighted by atomic mass is 15.3. The highest BCUT2D eigenvalue weighted by Crippen LogP contribution is 2.04. The number of guanidine groups is 1. The van der Waals surface area contributed by atoms with E-state index in [0.717, 1.165) is 32.7 Å². The van der Waals surface area contributed by atoms with Gasteiger partial charge in [-0.05, 0) is 14.0 Å². The lowest BCUT2D eigenvalue weighted by Crippen LogP contribution is -2.49. The van der Waals surface area contributed by atoms with Gasteiger partial charge in [0.1, 0.15) is 0 Å². The van der Waals surface area contributed by atoms with Gasteiger partial charge in [0.05, 0.1) is 6.54 Å². The molecular weight excluding hydrogens is 214 g/mol. The standard InChI is InChI=1S/C12H25N5/c1-4-5-14-12(13)15-10-11(2)17-8-6-16(3)7-9-17/h4,11H,1,5-10H2,2-3H3,(H3,13,14,15). The number of nitrogens with one attached hydrogen (secondary N) is 1. The van der Waals surface area contributed by atoms with Crippen LogP contribution in [0, 0.1) is 0 Å². The van der Waals surface area contributed by atoms with Gasteiger partial charge in [-0.15, -0.1) is 6.58 Å². The molecule has 98 valence electrons. The van der Waals surface area contributed by atoms with Crippen LogP contribution >= 0.6 is 0 Å². The van der Waals surface area contributed by atoms with Gasteiger partial charge in [0, 0.05) is 38.8 Å². The molecule has 0 amide bonds. The maximum absolute atomic E-state index is 5.72.